The molecule has 0 radical (unpaired) electrons. The minimum absolute atomic E-state index is 0.907. The summed E-state index contributed by atoms with van der Waals surface area (Å²) < 4.78 is 1.95. The number of aromatic nitrogens is 2. The summed E-state index contributed by atoms with van der Waals surface area (Å²) in [6.07, 6.45) is 6.87. The predicted molar refractivity (Wildman–Crippen MR) is 54.4 cm³/mol. The van der Waals surface area contributed by atoms with E-state index in [-0.39, 0.29) is 0 Å². The number of aryl methyl sites for hydroxylation is 1. The van der Waals surface area contributed by atoms with Crippen LogP contribution >= 0.6 is 0 Å². The Balaban J connectivity index is 2.38. The Morgan fingerprint density at radius 1 is 1.69 bits per heavy atom. The average Bonchev–Trinajstić information content (AvgIpc) is 2.59. The van der Waals surface area contributed by atoms with E-state index in [4.69, 9.17) is 0 Å². The van der Waals surface area contributed by atoms with E-state index in [2.05, 4.69) is 30.1 Å². The van der Waals surface area contributed by atoms with Gasteiger partial charge in [-0.1, -0.05) is 13.0 Å². The Labute approximate surface area is 79.5 Å². The molecular formula is C10H17N3. The largest absolute Gasteiger partial charge is 0.313 e. The van der Waals surface area contributed by atoms with Gasteiger partial charge in [0.25, 0.3) is 0 Å². The zero-order valence-electron chi connectivity index (χ0n) is 8.16. The second-order valence-corrected chi connectivity index (χ2v) is 2.97. The Morgan fingerprint density at radius 2 is 2.54 bits per heavy atom. The van der Waals surface area contributed by atoms with Gasteiger partial charge in [-0.2, -0.15) is 5.10 Å². The second kappa shape index (κ2) is 5.54. The smallest absolute Gasteiger partial charge is 0.0534 e. The highest BCUT2D eigenvalue weighted by molar-refractivity contribution is 5.03. The zero-order valence-corrected chi connectivity index (χ0v) is 8.16. The maximum absolute atomic E-state index is 4.24. The third kappa shape index (κ3) is 3.42. The molecule has 1 rings (SSSR count). The van der Waals surface area contributed by atoms with Crippen LogP contribution in [-0.2, 0) is 13.1 Å². The molecule has 0 aliphatic heterocycles. The van der Waals surface area contributed by atoms with Crippen LogP contribution in [0.25, 0.3) is 0 Å². The molecule has 13 heavy (non-hydrogen) atoms. The summed E-state index contributed by atoms with van der Waals surface area (Å²) in [5, 5.41) is 7.50. The van der Waals surface area contributed by atoms with Crippen molar-refractivity contribution in [1.29, 1.82) is 0 Å². The van der Waals surface area contributed by atoms with Crippen molar-refractivity contribution in [3.8, 4) is 0 Å². The van der Waals surface area contributed by atoms with Crippen LogP contribution in [0.5, 0.6) is 0 Å². The van der Waals surface area contributed by atoms with Gasteiger partial charge < -0.3 is 5.32 Å². The molecule has 0 aromatic carbocycles. The summed E-state index contributed by atoms with van der Waals surface area (Å²) in [6, 6.07) is 0. The molecule has 0 bridgehead atoms. The van der Waals surface area contributed by atoms with E-state index in [0.717, 1.165) is 26.1 Å². The number of rotatable bonds is 6. The van der Waals surface area contributed by atoms with Crippen LogP contribution in [0.15, 0.2) is 25.0 Å². The molecule has 1 aromatic heterocycles. The van der Waals surface area contributed by atoms with Crippen molar-refractivity contribution in [2.45, 2.75) is 26.4 Å². The highest BCUT2D eigenvalue weighted by atomic mass is 15.3. The molecule has 0 saturated heterocycles. The van der Waals surface area contributed by atoms with Crippen molar-refractivity contribution >= 4 is 0 Å². The monoisotopic (exact) mass is 179 g/mol. The molecule has 0 aliphatic carbocycles. The molecular weight excluding hydrogens is 162 g/mol. The van der Waals surface area contributed by atoms with Gasteiger partial charge in [-0.3, -0.25) is 4.68 Å². The molecule has 0 aliphatic rings. The maximum Gasteiger partial charge on any atom is 0.0534 e. The van der Waals surface area contributed by atoms with Gasteiger partial charge in [0.1, 0.15) is 0 Å². The highest BCUT2D eigenvalue weighted by Crippen LogP contribution is 1.98. The minimum Gasteiger partial charge on any atom is -0.313 e. The van der Waals surface area contributed by atoms with Gasteiger partial charge in [-0.15, -0.1) is 6.58 Å². The van der Waals surface area contributed by atoms with E-state index in [0.29, 0.717) is 0 Å². The Hall–Kier alpha value is -1.09. The standard InChI is InChI=1S/C10H17N3/c1-3-5-6-13-9-10(8-12-13)7-11-4-2/h3,8-9,11H,1,4-7H2,2H3. The lowest BCUT2D eigenvalue weighted by Crippen LogP contribution is -2.11. The van der Waals surface area contributed by atoms with Crippen LogP contribution < -0.4 is 5.32 Å². The molecule has 72 valence electrons. The van der Waals surface area contributed by atoms with Crippen molar-refractivity contribution in [1.82, 2.24) is 15.1 Å². The lowest BCUT2D eigenvalue weighted by molar-refractivity contribution is 0.622. The van der Waals surface area contributed by atoms with Crippen LogP contribution in [0.3, 0.4) is 0 Å². The summed E-state index contributed by atoms with van der Waals surface area (Å²) >= 11 is 0. The van der Waals surface area contributed by atoms with E-state index in [1.54, 1.807) is 0 Å². The SMILES string of the molecule is C=CCCn1cc(CNCC)cn1. The van der Waals surface area contributed by atoms with Gasteiger partial charge in [0, 0.05) is 24.8 Å². The minimum atomic E-state index is 0.907. The molecule has 0 fully saturated rings. The molecule has 0 atom stereocenters. The summed E-state index contributed by atoms with van der Waals surface area (Å²) in [5.41, 5.74) is 1.24. The van der Waals surface area contributed by atoms with Crippen LogP contribution in [0.1, 0.15) is 18.9 Å². The van der Waals surface area contributed by atoms with Crippen LogP contribution in [0.4, 0.5) is 0 Å². The quantitative estimate of drug-likeness (QED) is 0.672. The first kappa shape index (κ1) is 9.99. The van der Waals surface area contributed by atoms with E-state index < -0.39 is 0 Å². The third-order valence-corrected chi connectivity index (χ3v) is 1.83. The molecule has 1 N–H and O–H groups in total. The summed E-state index contributed by atoms with van der Waals surface area (Å²) in [4.78, 5) is 0. The molecule has 0 unspecified atom stereocenters. The Bertz CT molecular complexity index is 252. The van der Waals surface area contributed by atoms with Gasteiger partial charge in [0.05, 0.1) is 6.20 Å². The number of hydrogen-bond acceptors (Lipinski definition) is 2. The fourth-order valence-corrected chi connectivity index (χ4v) is 1.11. The fraction of sp³-hybridized carbons (Fsp3) is 0.500. The first-order valence-corrected chi connectivity index (χ1v) is 4.69. The van der Waals surface area contributed by atoms with Gasteiger partial charge in [0.15, 0.2) is 0 Å². The predicted octanol–water partition coefficient (Wildman–Crippen LogP) is 1.57. The Kier molecular flexibility index (Phi) is 4.26. The summed E-state index contributed by atoms with van der Waals surface area (Å²) in [5.74, 6) is 0. The zero-order chi connectivity index (χ0) is 9.52. The van der Waals surface area contributed by atoms with Crippen LogP contribution in [-0.4, -0.2) is 16.3 Å². The van der Waals surface area contributed by atoms with Crippen LogP contribution in [0, 0.1) is 0 Å². The summed E-state index contributed by atoms with van der Waals surface area (Å²) in [6.45, 7) is 8.61. The highest BCUT2D eigenvalue weighted by Gasteiger charge is 1.95. The lowest BCUT2D eigenvalue weighted by Gasteiger charge is -1.97. The molecule has 3 heteroatoms. The normalized spacial score (nSPS) is 10.2. The molecule has 0 amide bonds. The van der Waals surface area contributed by atoms with Gasteiger partial charge in [0.2, 0.25) is 0 Å². The second-order valence-electron chi connectivity index (χ2n) is 2.97. The molecule has 3 nitrogen and oxygen atoms in total. The van der Waals surface area contributed by atoms with E-state index in [1.165, 1.54) is 5.56 Å². The number of allylic oxidation sites excluding steroid dienone is 1. The molecule has 0 saturated carbocycles. The van der Waals surface area contributed by atoms with Gasteiger partial charge >= 0.3 is 0 Å². The van der Waals surface area contributed by atoms with Crippen LogP contribution in [0.2, 0.25) is 0 Å². The lowest BCUT2D eigenvalue weighted by atomic mass is 10.3. The van der Waals surface area contributed by atoms with E-state index in [9.17, 15) is 0 Å². The van der Waals surface area contributed by atoms with E-state index >= 15 is 0 Å². The average molecular weight is 179 g/mol. The fourth-order valence-electron chi connectivity index (χ4n) is 1.11. The first-order valence-electron chi connectivity index (χ1n) is 4.69. The molecule has 1 heterocycles. The topological polar surface area (TPSA) is 29.9 Å². The van der Waals surface area contributed by atoms with Crippen molar-refractivity contribution in [2.75, 3.05) is 6.54 Å². The van der Waals surface area contributed by atoms with Gasteiger partial charge in [-0.25, -0.2) is 0 Å². The summed E-state index contributed by atoms with van der Waals surface area (Å²) in [7, 11) is 0. The van der Waals surface area contributed by atoms with Crippen molar-refractivity contribution in [3.05, 3.63) is 30.6 Å². The van der Waals surface area contributed by atoms with Crippen molar-refractivity contribution < 1.29 is 0 Å². The van der Waals surface area contributed by atoms with Gasteiger partial charge in [-0.05, 0) is 13.0 Å². The maximum atomic E-state index is 4.24. The molecule has 1 aromatic rings. The Morgan fingerprint density at radius 3 is 3.23 bits per heavy atom. The van der Waals surface area contributed by atoms with E-state index in [1.807, 2.05) is 17.0 Å². The van der Waals surface area contributed by atoms with Crippen molar-refractivity contribution in [2.24, 2.45) is 0 Å². The number of hydrogen-bond donors (Lipinski definition) is 1. The molecule has 0 spiro atoms. The number of nitrogens with one attached hydrogen (secondary N) is 1. The van der Waals surface area contributed by atoms with Crippen molar-refractivity contribution in [3.63, 3.8) is 0 Å². The number of nitrogens with zero attached hydrogens (tertiary/aromatic N) is 2. The third-order valence-electron chi connectivity index (χ3n) is 1.83. The first-order chi connectivity index (χ1) is 6.36.